The molecule has 2 aromatic carbocycles. The van der Waals surface area contributed by atoms with E-state index in [1.807, 2.05) is 36.7 Å². The van der Waals surface area contributed by atoms with Gasteiger partial charge in [-0.25, -0.2) is 13.2 Å². The third-order valence-corrected chi connectivity index (χ3v) is 9.85. The molecule has 2 unspecified atom stereocenters. The molecule has 1 aliphatic heterocycles. The van der Waals surface area contributed by atoms with Gasteiger partial charge in [0.2, 0.25) is 6.11 Å². The topological polar surface area (TPSA) is 69.5 Å². The summed E-state index contributed by atoms with van der Waals surface area (Å²) in [6, 6.07) is 8.02. The standard InChI is InChI=1S/C28H36Cl2N2O2.C4F9O.Co/c1-27(2,3)21-13-19(29)11-17(25(21)33)15-31-23-9-7-8-10-24(23)32-16-18-12-20(30)14-22(26(18)34)28(4,5)6;5-1(2(6,7)8,3(9,10)11)4(12,13)14;/h11-16,23-24,33-34H,7-10H2,1-6H3;;/q;-1;+2. The molecule has 1 aliphatic carbocycles. The Bertz CT molecular complexity index is 1480. The van der Waals surface area contributed by atoms with Gasteiger partial charge in [0.25, 0.3) is 0 Å². The van der Waals surface area contributed by atoms with Crippen molar-refractivity contribution in [1.29, 1.82) is 0 Å². The van der Waals surface area contributed by atoms with Crippen LogP contribution in [0.15, 0.2) is 24.3 Å². The van der Waals surface area contributed by atoms with Crippen LogP contribution < -0.4 is 5.11 Å². The molecule has 0 amide bonds. The molecule has 2 fully saturated rings. The van der Waals surface area contributed by atoms with Crippen molar-refractivity contribution in [3.63, 3.8) is 0 Å². The molecule has 1 saturated carbocycles. The minimum atomic E-state index is -7.08. The number of alkyl halides is 9. The van der Waals surface area contributed by atoms with Gasteiger partial charge in [-0.1, -0.05) is 0 Å². The van der Waals surface area contributed by atoms with Crippen LogP contribution in [0.2, 0.25) is 10.0 Å². The van der Waals surface area contributed by atoms with E-state index in [4.69, 9.17) is 23.2 Å². The van der Waals surface area contributed by atoms with Crippen LogP contribution in [-0.2, 0) is 26.0 Å². The zero-order chi connectivity index (χ0) is 37.7. The maximum atomic E-state index is 12.0. The average molecular weight is 797 g/mol. The van der Waals surface area contributed by atoms with Crippen LogP contribution >= 0.6 is 23.2 Å². The third kappa shape index (κ3) is 8.82. The molecule has 2 aliphatic rings. The predicted molar refractivity (Wildman–Crippen MR) is 161 cm³/mol. The summed E-state index contributed by atoms with van der Waals surface area (Å²) in [5.41, 5.74) is -4.36. The second-order valence-electron chi connectivity index (χ2n) is 13.8. The molecular weight excluding hydrogens is 761 g/mol. The first-order valence-corrected chi connectivity index (χ1v) is 16.5. The molecule has 277 valence electrons. The molecule has 2 aromatic rings. The molecule has 0 radical (unpaired) electrons. The molecule has 0 spiro atoms. The Labute approximate surface area is 294 Å². The van der Waals surface area contributed by atoms with Crippen LogP contribution in [0.25, 0.3) is 0 Å². The van der Waals surface area contributed by atoms with Crippen LogP contribution in [0.3, 0.4) is 0 Å². The molecule has 0 bridgehead atoms. The Kier molecular flexibility index (Phi) is 11.8. The number of phenols is 2. The molecule has 49 heavy (non-hydrogen) atoms. The van der Waals surface area contributed by atoms with Gasteiger partial charge in [0.1, 0.15) is 0 Å². The molecule has 4 rings (SSSR count). The van der Waals surface area contributed by atoms with Gasteiger partial charge in [-0.3, -0.25) is 0 Å². The van der Waals surface area contributed by atoms with Crippen LogP contribution in [0.1, 0.15) is 89.5 Å². The van der Waals surface area contributed by atoms with Crippen molar-refractivity contribution in [3.8, 4) is 11.5 Å². The summed E-state index contributed by atoms with van der Waals surface area (Å²) in [6.07, 6.45) is -12.3. The zero-order valence-electron chi connectivity index (χ0n) is 27.1. The quantitative estimate of drug-likeness (QED) is 0.306. The molecule has 1 saturated heterocycles. The smallest absolute Gasteiger partial charge is 0.436 e. The van der Waals surface area contributed by atoms with E-state index in [1.165, 1.54) is 12.8 Å². The first-order chi connectivity index (χ1) is 22.0. The molecule has 1 heterocycles. The molecule has 17 heteroatoms. The van der Waals surface area contributed by atoms with Gasteiger partial charge in [0.15, 0.2) is 0 Å². The minimum absolute atomic E-state index is 0.220. The summed E-state index contributed by atoms with van der Waals surface area (Å²) in [5, 5.41) is 32.7. The van der Waals surface area contributed by atoms with Gasteiger partial charge < -0.3 is 5.11 Å². The van der Waals surface area contributed by atoms with Crippen molar-refractivity contribution in [2.45, 2.75) is 114 Å². The number of benzene rings is 2. The number of hydrogen-bond donors (Lipinski definition) is 2. The Morgan fingerprint density at radius 3 is 1.24 bits per heavy atom. The fourth-order valence-corrected chi connectivity index (χ4v) is 7.46. The molecule has 0 aromatic heterocycles. The van der Waals surface area contributed by atoms with E-state index < -0.39 is 24.1 Å². The fraction of sp³-hybridized carbons (Fsp3) is 0.562. The summed E-state index contributed by atoms with van der Waals surface area (Å²) in [4.78, 5) is 0. The van der Waals surface area contributed by atoms with Gasteiger partial charge in [0.05, 0.1) is 0 Å². The Hall–Kier alpha value is -2.20. The summed E-state index contributed by atoms with van der Waals surface area (Å²) in [7, 11) is 0. The van der Waals surface area contributed by atoms with Crippen molar-refractivity contribution in [2.75, 3.05) is 0 Å². The number of phenolic OH excluding ortho intramolecular Hbond substituents is 2. The number of aromatic hydroxyl groups is 2. The number of nitrogens with zero attached hydrogens (tertiary/aromatic N) is 2. The maximum absolute atomic E-state index is 12.0. The number of rotatable bonds is 3. The van der Waals surface area contributed by atoms with Crippen molar-refractivity contribution in [2.24, 2.45) is 0 Å². The van der Waals surface area contributed by atoms with Gasteiger partial charge in [0, 0.05) is 0 Å². The average Bonchev–Trinajstić information content (AvgIpc) is 3.26. The van der Waals surface area contributed by atoms with E-state index in [2.05, 4.69) is 48.8 Å². The van der Waals surface area contributed by atoms with Crippen molar-refractivity contribution in [1.82, 2.24) is 0 Å². The van der Waals surface area contributed by atoms with Crippen molar-refractivity contribution in [3.05, 3.63) is 56.6 Å². The summed E-state index contributed by atoms with van der Waals surface area (Å²) >= 11 is 13.9. The van der Waals surface area contributed by atoms with E-state index in [0.29, 0.717) is 22.1 Å². The molecule has 5 nitrogen and oxygen atoms in total. The first-order valence-electron chi connectivity index (χ1n) is 14.8. The predicted octanol–water partition coefficient (Wildman–Crippen LogP) is 8.57. The summed E-state index contributed by atoms with van der Waals surface area (Å²) < 4.78 is 107. The van der Waals surface area contributed by atoms with E-state index >= 15 is 0 Å². The molecular formula is C32H36Cl2CoF9N2O3+. The maximum Gasteiger partial charge on any atom is 0.436 e. The van der Waals surface area contributed by atoms with Gasteiger partial charge in [-0.05, 0) is 0 Å². The van der Waals surface area contributed by atoms with E-state index in [0.717, 1.165) is 50.2 Å². The van der Waals surface area contributed by atoms with Gasteiger partial charge >= 0.3 is 244 Å². The summed E-state index contributed by atoms with van der Waals surface area (Å²) in [6.45, 7) is 12.5. The van der Waals surface area contributed by atoms with Crippen LogP contribution in [0.5, 0.6) is 11.5 Å². The normalized spacial score (nSPS) is 21.3. The number of hydrogen-bond acceptors (Lipinski definition) is 3. The van der Waals surface area contributed by atoms with Gasteiger partial charge in [-0.2, -0.15) is 26.3 Å². The van der Waals surface area contributed by atoms with E-state index in [1.54, 1.807) is 0 Å². The Balaban J connectivity index is 0.000000393. The monoisotopic (exact) mass is 796 g/mol. The minimum Gasteiger partial charge on any atom is -0.795 e. The second kappa shape index (κ2) is 14.1. The van der Waals surface area contributed by atoms with Crippen LogP contribution in [0.4, 0.5) is 39.5 Å². The third-order valence-electron chi connectivity index (χ3n) is 7.97. The van der Waals surface area contributed by atoms with Gasteiger partial charge in [-0.15, -0.1) is 0 Å². The van der Waals surface area contributed by atoms with E-state index in [-0.39, 0.29) is 22.3 Å². The molecule has 2 N–H and O–H groups in total. The van der Waals surface area contributed by atoms with Crippen molar-refractivity contribution >= 4 is 35.6 Å². The fourth-order valence-electron chi connectivity index (χ4n) is 5.38. The van der Waals surface area contributed by atoms with Crippen LogP contribution in [-0.4, -0.2) is 66.1 Å². The zero-order valence-corrected chi connectivity index (χ0v) is 29.7. The molecule has 2 atom stereocenters. The largest absolute Gasteiger partial charge is 0.795 e. The van der Waals surface area contributed by atoms with E-state index in [9.17, 15) is 54.8 Å². The number of halogens is 11. The number of fused-ring (bicyclic) bond motifs is 1. The van der Waals surface area contributed by atoms with Crippen molar-refractivity contribution < 1.29 is 77.2 Å². The Morgan fingerprint density at radius 1 is 0.673 bits per heavy atom. The Morgan fingerprint density at radius 2 is 1.00 bits per heavy atom. The first kappa shape index (κ1) is 41.2. The SMILES string of the molecule is CC(C)(C)c1cc(Cl)cc(C=[N+]2[Co][N+](=Cc3cc(Cl)cc(C(C)(C)C)c3O)C3CCCCC32)c1O.[O-]C(F)(F)C(F)(C(F)(F)F)C(F)(F)F. The van der Waals surface area contributed by atoms with Crippen LogP contribution in [0, 0.1) is 0 Å². The second-order valence-corrected chi connectivity index (χ2v) is 16.0. The summed E-state index contributed by atoms with van der Waals surface area (Å²) in [5.74, 6) is 0.571.